The van der Waals surface area contributed by atoms with E-state index in [9.17, 15) is 26.4 Å². The number of unbranched alkanes of at least 4 members (excludes halogenated alkanes) is 4. The second-order valence-corrected chi connectivity index (χ2v) is 17.9. The number of Topliss-reactive ketones (excluding diaryl/α,β-unsaturated/α-hetero) is 2. The molecule has 2 aromatic heterocycles. The molecule has 0 aliphatic carbocycles. The van der Waals surface area contributed by atoms with Gasteiger partial charge in [0.05, 0.1) is 26.7 Å². The van der Waals surface area contributed by atoms with Crippen LogP contribution in [-0.4, -0.2) is 56.0 Å². The van der Waals surface area contributed by atoms with Gasteiger partial charge in [-0.3, -0.25) is 18.2 Å². The Kier molecular flexibility index (Phi) is 16.6. The van der Waals surface area contributed by atoms with Gasteiger partial charge in [0.15, 0.2) is 23.0 Å². The van der Waals surface area contributed by atoms with Crippen LogP contribution in [0.5, 0.6) is 0 Å². The molecule has 2 heterocycles. The summed E-state index contributed by atoms with van der Waals surface area (Å²) in [6, 6.07) is 22.6. The average Bonchev–Trinajstić information content (AvgIpc) is 3.80. The number of hydrogen-bond donors (Lipinski definition) is 0. The molecule has 0 bridgehead atoms. The summed E-state index contributed by atoms with van der Waals surface area (Å²) in [5.74, 6) is -0.278. The minimum absolute atomic E-state index is 0.0217. The largest absolute Gasteiger partial charge is 0.358 e. The van der Waals surface area contributed by atoms with Crippen molar-refractivity contribution in [1.82, 2.24) is 9.97 Å². The highest BCUT2D eigenvalue weighted by atomic mass is 32.2. The zero-order chi connectivity index (χ0) is 39.8. The van der Waals surface area contributed by atoms with Crippen LogP contribution < -0.4 is 0 Å². The minimum atomic E-state index is -4.12. The number of ketones is 2. The second kappa shape index (κ2) is 21.1. The third kappa shape index (κ3) is 13.4. The Balaban J connectivity index is 0.000000246. The maximum Gasteiger partial charge on any atom is 0.358 e. The van der Waals surface area contributed by atoms with Crippen molar-refractivity contribution >= 4 is 86.3 Å². The van der Waals surface area contributed by atoms with Crippen LogP contribution in [0.15, 0.2) is 94.1 Å². The minimum Gasteiger partial charge on any atom is -0.292 e. The van der Waals surface area contributed by atoms with Crippen LogP contribution in [0.25, 0.3) is 20.4 Å². The number of fused-ring (bicyclic) bond motifs is 2. The summed E-state index contributed by atoms with van der Waals surface area (Å²) in [7, 11) is -7.92. The molecule has 0 saturated carbocycles. The SMILES string of the molecule is CCCCC(CC)CC(=O)/C(=N\OS(C)(=O)=O)c1nc2ccccc2s1.CCCCCCC(=O)/C(=N\OS(=O)(=O)c1ccccc1)c1nc2ccccc2s1. The first-order valence-corrected chi connectivity index (χ1v) is 23.0. The summed E-state index contributed by atoms with van der Waals surface area (Å²) in [5, 5.41) is 8.15. The Morgan fingerprint density at radius 1 is 0.673 bits per heavy atom. The molecule has 0 spiro atoms. The Bertz CT molecular complexity index is 2250. The lowest BCUT2D eigenvalue weighted by Gasteiger charge is -2.13. The molecule has 12 nitrogen and oxygen atoms in total. The number of carbonyl (C=O) groups excluding carboxylic acids is 2. The van der Waals surface area contributed by atoms with Crippen molar-refractivity contribution < 1.29 is 35.0 Å². The van der Waals surface area contributed by atoms with Gasteiger partial charge in [-0.25, -0.2) is 9.97 Å². The fourth-order valence-corrected chi connectivity index (χ4v) is 8.21. The van der Waals surface area contributed by atoms with E-state index in [2.05, 4.69) is 45.3 Å². The van der Waals surface area contributed by atoms with Gasteiger partial charge in [0, 0.05) is 12.8 Å². The summed E-state index contributed by atoms with van der Waals surface area (Å²) >= 11 is 2.59. The van der Waals surface area contributed by atoms with Crippen molar-refractivity contribution in [3.63, 3.8) is 0 Å². The van der Waals surface area contributed by atoms with Crippen LogP contribution in [0.1, 0.15) is 95.0 Å². The highest BCUT2D eigenvalue weighted by molar-refractivity contribution is 7.86. The number of thiazole rings is 2. The summed E-state index contributed by atoms with van der Waals surface area (Å²) in [5.41, 5.74) is 1.39. The molecule has 5 aromatic rings. The van der Waals surface area contributed by atoms with Gasteiger partial charge in [0.25, 0.3) is 0 Å². The van der Waals surface area contributed by atoms with E-state index in [-0.39, 0.29) is 40.2 Å². The van der Waals surface area contributed by atoms with E-state index in [0.717, 1.165) is 71.6 Å². The number of benzene rings is 3. The highest BCUT2D eigenvalue weighted by Gasteiger charge is 2.24. The molecule has 1 atom stereocenters. The Hall–Kier alpha value is -4.38. The molecule has 0 aliphatic heterocycles. The van der Waals surface area contributed by atoms with E-state index in [1.54, 1.807) is 18.2 Å². The Morgan fingerprint density at radius 3 is 1.73 bits per heavy atom. The summed E-state index contributed by atoms with van der Waals surface area (Å²) in [6.45, 7) is 6.26. The smallest absolute Gasteiger partial charge is 0.292 e. The van der Waals surface area contributed by atoms with Crippen molar-refractivity contribution in [2.75, 3.05) is 6.26 Å². The maximum absolute atomic E-state index is 12.8. The summed E-state index contributed by atoms with van der Waals surface area (Å²) in [6.07, 6.45) is 9.17. The van der Waals surface area contributed by atoms with Gasteiger partial charge in [-0.1, -0.05) is 118 Å². The van der Waals surface area contributed by atoms with E-state index in [0.29, 0.717) is 22.9 Å². The van der Waals surface area contributed by atoms with Crippen LogP contribution in [0, 0.1) is 5.92 Å². The van der Waals surface area contributed by atoms with Crippen molar-refractivity contribution in [3.8, 4) is 0 Å². The number of rotatable bonds is 20. The van der Waals surface area contributed by atoms with Gasteiger partial charge < -0.3 is 0 Å². The van der Waals surface area contributed by atoms with Gasteiger partial charge in [0.1, 0.15) is 14.9 Å². The lowest BCUT2D eigenvalue weighted by atomic mass is 9.92. The number of aromatic nitrogens is 2. The molecule has 1 unspecified atom stereocenters. The first kappa shape index (κ1) is 43.3. The highest BCUT2D eigenvalue weighted by Crippen LogP contribution is 2.26. The third-order valence-electron chi connectivity index (χ3n) is 8.32. The number of carbonyl (C=O) groups is 2. The van der Waals surface area contributed by atoms with Crippen molar-refractivity contribution in [1.29, 1.82) is 0 Å². The van der Waals surface area contributed by atoms with Crippen LogP contribution in [0.3, 0.4) is 0 Å². The maximum atomic E-state index is 12.8. The molecule has 0 aliphatic rings. The molecule has 294 valence electrons. The van der Waals surface area contributed by atoms with Gasteiger partial charge in [-0.2, -0.15) is 16.8 Å². The normalized spacial score (nSPS) is 12.9. The molecule has 0 amide bonds. The first-order valence-electron chi connectivity index (χ1n) is 18.2. The molecule has 0 N–H and O–H groups in total. The molecular weight excluding hydrogens is 781 g/mol. The molecule has 0 saturated heterocycles. The average molecular weight is 827 g/mol. The lowest BCUT2D eigenvalue weighted by Crippen LogP contribution is -2.20. The second-order valence-electron chi connectivity index (χ2n) is 12.8. The number of hydrogen-bond acceptors (Lipinski definition) is 14. The third-order valence-corrected chi connectivity index (χ3v) is 11.9. The monoisotopic (exact) mass is 826 g/mol. The van der Waals surface area contributed by atoms with Crippen LogP contribution in [-0.2, 0) is 38.4 Å². The topological polar surface area (TPSA) is 171 Å². The zero-order valence-electron chi connectivity index (χ0n) is 31.3. The van der Waals surface area contributed by atoms with Crippen molar-refractivity contribution in [2.45, 2.75) is 89.9 Å². The van der Waals surface area contributed by atoms with Gasteiger partial charge in [-0.05, 0) is 48.7 Å². The Morgan fingerprint density at radius 2 is 1.20 bits per heavy atom. The molecular formula is C39H46N4O8S4. The quantitative estimate of drug-likeness (QED) is 0.0419. The van der Waals surface area contributed by atoms with E-state index < -0.39 is 20.2 Å². The van der Waals surface area contributed by atoms with Gasteiger partial charge in [0.2, 0.25) is 0 Å². The number of nitrogens with zero attached hydrogens (tertiary/aromatic N) is 4. The van der Waals surface area contributed by atoms with Crippen LogP contribution in [0.4, 0.5) is 0 Å². The zero-order valence-corrected chi connectivity index (χ0v) is 34.6. The van der Waals surface area contributed by atoms with Crippen molar-refractivity contribution in [2.24, 2.45) is 16.2 Å². The predicted molar refractivity (Wildman–Crippen MR) is 220 cm³/mol. The van der Waals surface area contributed by atoms with Crippen LogP contribution in [0.2, 0.25) is 0 Å². The van der Waals surface area contributed by atoms with E-state index in [4.69, 9.17) is 4.28 Å². The van der Waals surface area contributed by atoms with E-state index in [1.165, 1.54) is 34.8 Å². The predicted octanol–water partition coefficient (Wildman–Crippen LogP) is 9.10. The van der Waals surface area contributed by atoms with Crippen molar-refractivity contribution in [3.05, 3.63) is 88.9 Å². The molecule has 3 aromatic carbocycles. The summed E-state index contributed by atoms with van der Waals surface area (Å²) in [4.78, 5) is 34.5. The molecule has 0 fully saturated rings. The summed E-state index contributed by atoms with van der Waals surface area (Å²) < 4.78 is 58.7. The molecule has 5 rings (SSSR count). The van der Waals surface area contributed by atoms with Crippen LogP contribution >= 0.6 is 22.7 Å². The van der Waals surface area contributed by atoms with E-state index in [1.807, 2.05) is 48.5 Å². The standard InChI is InChI=1S/C21H22N2O4S2.C18H24N2O4S2/c1-2-3-4-8-14-18(24)20(21-22-17-13-9-10-15-19(17)28-21)23-27-29(25,26)16-11-6-5-7-12-16;1-4-6-9-13(5-2)12-15(21)17(20-24-26(3,22)23)18-19-14-10-7-8-11-16(14)25-18/h5-7,9-13,15H,2-4,8,14H2,1H3;7-8,10-11,13H,4-6,9,12H2,1-3H3/b23-20+;20-17+. The fraction of sp³-hybridized carbons (Fsp3) is 0.385. The van der Waals surface area contributed by atoms with Gasteiger partial charge in [-0.15, -0.1) is 22.7 Å². The molecule has 16 heteroatoms. The Labute approximate surface area is 330 Å². The number of para-hydroxylation sites is 2. The van der Waals surface area contributed by atoms with Gasteiger partial charge >= 0.3 is 20.2 Å². The first-order chi connectivity index (χ1) is 26.3. The fourth-order valence-electron chi connectivity index (χ4n) is 5.32. The van der Waals surface area contributed by atoms with E-state index >= 15 is 0 Å². The molecule has 0 radical (unpaired) electrons. The molecule has 55 heavy (non-hydrogen) atoms. The number of oxime groups is 2. The lowest BCUT2D eigenvalue weighted by molar-refractivity contribution is -0.114.